The summed E-state index contributed by atoms with van der Waals surface area (Å²) in [5.41, 5.74) is -0.298. The minimum atomic E-state index is -1.18. The van der Waals surface area contributed by atoms with Crippen molar-refractivity contribution in [2.75, 3.05) is 20.3 Å². The summed E-state index contributed by atoms with van der Waals surface area (Å²) < 4.78 is 15.9. The van der Waals surface area contributed by atoms with Crippen molar-refractivity contribution in [2.45, 2.75) is 12.5 Å². The van der Waals surface area contributed by atoms with Crippen LogP contribution in [0.4, 0.5) is 5.69 Å². The van der Waals surface area contributed by atoms with E-state index >= 15 is 0 Å². The zero-order valence-electron chi connectivity index (χ0n) is 10.7. The van der Waals surface area contributed by atoms with Crippen molar-refractivity contribution in [1.82, 2.24) is 0 Å². The first kappa shape index (κ1) is 14.1. The highest BCUT2D eigenvalue weighted by Crippen LogP contribution is 2.40. The summed E-state index contributed by atoms with van der Waals surface area (Å²) >= 11 is 0. The van der Waals surface area contributed by atoms with E-state index < -0.39 is 23.4 Å². The lowest BCUT2D eigenvalue weighted by Crippen LogP contribution is -2.33. The first-order valence-electron chi connectivity index (χ1n) is 5.83. The number of carboxylic acid groups (broad SMARTS) is 1. The maximum atomic E-state index is 11.0. The third-order valence-corrected chi connectivity index (χ3v) is 2.79. The van der Waals surface area contributed by atoms with Crippen LogP contribution in [0.2, 0.25) is 0 Å². The average Bonchev–Trinajstić information content (AvgIpc) is 2.38. The van der Waals surface area contributed by atoms with Gasteiger partial charge in [0, 0.05) is 13.2 Å². The molecule has 0 saturated heterocycles. The Kier molecular flexibility index (Phi) is 4.04. The zero-order valence-corrected chi connectivity index (χ0v) is 10.7. The SMILES string of the molecule is COC[C@H]1COc2ccc([N+](=O)[O-])c(CC(=O)O)c2O1. The van der Waals surface area contributed by atoms with E-state index in [2.05, 4.69) is 0 Å². The van der Waals surface area contributed by atoms with E-state index in [0.717, 1.165) is 0 Å². The molecular formula is C12H13NO7. The van der Waals surface area contributed by atoms with Crippen molar-refractivity contribution in [1.29, 1.82) is 0 Å². The van der Waals surface area contributed by atoms with Crippen molar-refractivity contribution in [3.8, 4) is 11.5 Å². The van der Waals surface area contributed by atoms with Gasteiger partial charge >= 0.3 is 5.97 Å². The van der Waals surface area contributed by atoms with Gasteiger partial charge in [0.05, 0.1) is 23.5 Å². The number of aliphatic carboxylic acids is 1. The number of hydrogen-bond donors (Lipinski definition) is 1. The van der Waals surface area contributed by atoms with Crippen LogP contribution in [-0.4, -0.2) is 42.4 Å². The minimum Gasteiger partial charge on any atom is -0.486 e. The number of carboxylic acids is 1. The van der Waals surface area contributed by atoms with E-state index in [4.69, 9.17) is 19.3 Å². The van der Waals surface area contributed by atoms with Crippen LogP contribution in [0.5, 0.6) is 11.5 Å². The lowest BCUT2D eigenvalue weighted by atomic mass is 10.1. The number of nitro benzene ring substituents is 1. The first-order valence-corrected chi connectivity index (χ1v) is 5.83. The lowest BCUT2D eigenvalue weighted by molar-refractivity contribution is -0.385. The topological polar surface area (TPSA) is 108 Å². The number of hydrogen-bond acceptors (Lipinski definition) is 6. The van der Waals surface area contributed by atoms with Gasteiger partial charge in [-0.25, -0.2) is 0 Å². The number of benzene rings is 1. The predicted octanol–water partition coefficient (Wildman–Crippen LogP) is 1.01. The standard InChI is InChI=1S/C12H13NO7/c1-18-5-7-6-19-10-3-2-9(13(16)17)8(4-11(14)15)12(10)20-7/h2-3,7H,4-6H2,1H3,(H,14,15)/t7-/m0/s1. The Morgan fingerprint density at radius 1 is 1.60 bits per heavy atom. The van der Waals surface area contributed by atoms with Crippen LogP contribution >= 0.6 is 0 Å². The van der Waals surface area contributed by atoms with E-state index in [1.54, 1.807) is 0 Å². The fourth-order valence-electron chi connectivity index (χ4n) is 1.98. The average molecular weight is 283 g/mol. The maximum Gasteiger partial charge on any atom is 0.308 e. The van der Waals surface area contributed by atoms with Gasteiger partial charge in [-0.3, -0.25) is 14.9 Å². The van der Waals surface area contributed by atoms with Gasteiger partial charge in [-0.2, -0.15) is 0 Å². The Bertz CT molecular complexity index is 543. The predicted molar refractivity (Wildman–Crippen MR) is 66.2 cm³/mol. The normalized spacial score (nSPS) is 16.8. The Balaban J connectivity index is 2.44. The van der Waals surface area contributed by atoms with E-state index in [1.165, 1.54) is 19.2 Å². The molecule has 8 heteroatoms. The van der Waals surface area contributed by atoms with Crippen LogP contribution in [0, 0.1) is 10.1 Å². The Hall–Kier alpha value is -2.35. The quantitative estimate of drug-likeness (QED) is 0.634. The van der Waals surface area contributed by atoms with Gasteiger partial charge in [-0.1, -0.05) is 0 Å². The summed E-state index contributed by atoms with van der Waals surface area (Å²) in [6, 6.07) is 2.62. The number of nitro groups is 1. The van der Waals surface area contributed by atoms with Crippen molar-refractivity contribution in [3.05, 3.63) is 27.8 Å². The molecule has 0 amide bonds. The lowest BCUT2D eigenvalue weighted by Gasteiger charge is -2.27. The Morgan fingerprint density at radius 2 is 2.35 bits per heavy atom. The summed E-state index contributed by atoms with van der Waals surface area (Å²) in [7, 11) is 1.49. The molecule has 1 atom stereocenters. The molecule has 1 aromatic rings. The highest BCUT2D eigenvalue weighted by atomic mass is 16.6. The van der Waals surface area contributed by atoms with E-state index in [0.29, 0.717) is 5.75 Å². The van der Waals surface area contributed by atoms with Gasteiger partial charge < -0.3 is 19.3 Å². The molecule has 20 heavy (non-hydrogen) atoms. The molecule has 0 unspecified atom stereocenters. The van der Waals surface area contributed by atoms with E-state index in [1.807, 2.05) is 0 Å². The van der Waals surface area contributed by atoms with Crippen LogP contribution in [0.3, 0.4) is 0 Å². The molecule has 1 heterocycles. The summed E-state index contributed by atoms with van der Waals surface area (Å²) in [6.07, 6.45) is -0.940. The van der Waals surface area contributed by atoms with Crippen LogP contribution in [0.25, 0.3) is 0 Å². The fraction of sp³-hybridized carbons (Fsp3) is 0.417. The van der Waals surface area contributed by atoms with Crippen LogP contribution < -0.4 is 9.47 Å². The molecule has 0 saturated carbocycles. The zero-order chi connectivity index (χ0) is 14.7. The first-order chi connectivity index (χ1) is 9.52. The second kappa shape index (κ2) is 5.74. The third kappa shape index (κ3) is 2.80. The smallest absolute Gasteiger partial charge is 0.308 e. The largest absolute Gasteiger partial charge is 0.486 e. The molecular weight excluding hydrogens is 270 g/mol. The molecule has 1 N–H and O–H groups in total. The number of nitrogens with zero attached hydrogens (tertiary/aromatic N) is 1. The molecule has 1 aliphatic heterocycles. The highest BCUT2D eigenvalue weighted by molar-refractivity contribution is 5.75. The van der Waals surface area contributed by atoms with E-state index in [-0.39, 0.29) is 30.2 Å². The summed E-state index contributed by atoms with van der Waals surface area (Å²) in [5.74, 6) is -0.770. The molecule has 0 radical (unpaired) electrons. The minimum absolute atomic E-state index is 0.000744. The van der Waals surface area contributed by atoms with Crippen molar-refractivity contribution < 1.29 is 29.0 Å². The van der Waals surface area contributed by atoms with Crippen molar-refractivity contribution >= 4 is 11.7 Å². The number of fused-ring (bicyclic) bond motifs is 1. The monoisotopic (exact) mass is 283 g/mol. The van der Waals surface area contributed by atoms with Gasteiger partial charge in [0.1, 0.15) is 6.61 Å². The number of carbonyl (C=O) groups is 1. The highest BCUT2D eigenvalue weighted by Gasteiger charge is 2.30. The molecule has 0 aromatic heterocycles. The molecule has 0 fully saturated rings. The maximum absolute atomic E-state index is 11.0. The van der Waals surface area contributed by atoms with Crippen molar-refractivity contribution in [3.63, 3.8) is 0 Å². The van der Waals surface area contributed by atoms with Gasteiger partial charge in [0.2, 0.25) is 0 Å². The van der Waals surface area contributed by atoms with Gasteiger partial charge in [0.15, 0.2) is 17.6 Å². The summed E-state index contributed by atoms with van der Waals surface area (Å²) in [5, 5.41) is 19.9. The van der Waals surface area contributed by atoms with E-state index in [9.17, 15) is 14.9 Å². The fourth-order valence-corrected chi connectivity index (χ4v) is 1.98. The van der Waals surface area contributed by atoms with Crippen LogP contribution in [-0.2, 0) is 16.0 Å². The second-order valence-corrected chi connectivity index (χ2v) is 4.22. The van der Waals surface area contributed by atoms with Crippen LogP contribution in [0.1, 0.15) is 5.56 Å². The molecule has 108 valence electrons. The number of methoxy groups -OCH3 is 1. The summed E-state index contributed by atoms with van der Waals surface area (Å²) in [6.45, 7) is 0.486. The molecule has 8 nitrogen and oxygen atoms in total. The van der Waals surface area contributed by atoms with Crippen molar-refractivity contribution in [2.24, 2.45) is 0 Å². The number of rotatable bonds is 5. The molecule has 0 bridgehead atoms. The van der Waals surface area contributed by atoms with Gasteiger partial charge in [-0.15, -0.1) is 0 Å². The summed E-state index contributed by atoms with van der Waals surface area (Å²) in [4.78, 5) is 21.2. The molecule has 2 rings (SSSR count). The molecule has 1 aliphatic rings. The van der Waals surface area contributed by atoms with Gasteiger partial charge in [-0.05, 0) is 6.07 Å². The molecule has 0 spiro atoms. The molecule has 1 aromatic carbocycles. The Morgan fingerprint density at radius 3 is 2.95 bits per heavy atom. The third-order valence-electron chi connectivity index (χ3n) is 2.79. The molecule has 0 aliphatic carbocycles. The second-order valence-electron chi connectivity index (χ2n) is 4.22. The number of ether oxygens (including phenoxy) is 3. The van der Waals surface area contributed by atoms with Crippen LogP contribution in [0.15, 0.2) is 12.1 Å². The Labute approximate surface area is 114 Å². The van der Waals surface area contributed by atoms with Gasteiger partial charge in [0.25, 0.3) is 5.69 Å².